The molecule has 0 amide bonds. The summed E-state index contributed by atoms with van der Waals surface area (Å²) in [6, 6.07) is 7.33. The second kappa shape index (κ2) is 2.99. The van der Waals surface area contributed by atoms with Crippen LogP contribution in [-0.4, -0.2) is 4.98 Å². The minimum Gasteiger partial charge on any atom is -0.472 e. The van der Waals surface area contributed by atoms with Crippen molar-refractivity contribution in [3.63, 3.8) is 0 Å². The van der Waals surface area contributed by atoms with Crippen molar-refractivity contribution in [1.29, 1.82) is 0 Å². The number of aromatic nitrogens is 1. The standard InChI is InChI=1S/C9H6ClNO/c10-9-3-1-2-8(11-9)7-4-5-12-6-7/h1-6H. The lowest BCUT2D eigenvalue weighted by Gasteiger charge is -1.94. The van der Waals surface area contributed by atoms with Gasteiger partial charge in [-0.1, -0.05) is 17.7 Å². The van der Waals surface area contributed by atoms with Crippen LogP contribution in [0.15, 0.2) is 41.2 Å². The van der Waals surface area contributed by atoms with E-state index in [1.807, 2.05) is 18.2 Å². The lowest BCUT2D eigenvalue weighted by Crippen LogP contribution is -1.79. The number of hydrogen-bond acceptors (Lipinski definition) is 2. The van der Waals surface area contributed by atoms with Crippen molar-refractivity contribution in [1.82, 2.24) is 4.98 Å². The summed E-state index contributed by atoms with van der Waals surface area (Å²) >= 11 is 5.72. The zero-order valence-electron chi connectivity index (χ0n) is 6.20. The molecule has 0 aliphatic carbocycles. The van der Waals surface area contributed by atoms with E-state index in [1.165, 1.54) is 0 Å². The molecule has 0 radical (unpaired) electrons. The van der Waals surface area contributed by atoms with Gasteiger partial charge in [-0.25, -0.2) is 4.98 Å². The smallest absolute Gasteiger partial charge is 0.129 e. The Morgan fingerprint density at radius 3 is 2.83 bits per heavy atom. The first-order valence-corrected chi connectivity index (χ1v) is 3.89. The van der Waals surface area contributed by atoms with Gasteiger partial charge in [0.2, 0.25) is 0 Å². The summed E-state index contributed by atoms with van der Waals surface area (Å²) in [5, 5.41) is 0.494. The van der Waals surface area contributed by atoms with Crippen LogP contribution < -0.4 is 0 Å². The van der Waals surface area contributed by atoms with Crippen LogP contribution in [0.3, 0.4) is 0 Å². The molecular weight excluding hydrogens is 174 g/mol. The molecule has 0 saturated carbocycles. The molecule has 2 nitrogen and oxygen atoms in total. The molecule has 2 aromatic heterocycles. The van der Waals surface area contributed by atoms with E-state index in [4.69, 9.17) is 16.0 Å². The molecule has 0 aliphatic rings. The fraction of sp³-hybridized carbons (Fsp3) is 0. The molecule has 0 aliphatic heterocycles. The Morgan fingerprint density at radius 2 is 2.17 bits per heavy atom. The predicted octanol–water partition coefficient (Wildman–Crippen LogP) is 3.00. The molecule has 3 heteroatoms. The van der Waals surface area contributed by atoms with Gasteiger partial charge in [-0.3, -0.25) is 0 Å². The number of rotatable bonds is 1. The van der Waals surface area contributed by atoms with Crippen molar-refractivity contribution in [3.05, 3.63) is 41.9 Å². The molecule has 2 heterocycles. The van der Waals surface area contributed by atoms with Gasteiger partial charge in [0.25, 0.3) is 0 Å². The fourth-order valence-corrected chi connectivity index (χ4v) is 1.14. The van der Waals surface area contributed by atoms with Crippen LogP contribution in [0.5, 0.6) is 0 Å². The Kier molecular flexibility index (Phi) is 1.84. The third-order valence-corrected chi connectivity index (χ3v) is 1.74. The molecule has 0 atom stereocenters. The normalized spacial score (nSPS) is 10.1. The number of pyridine rings is 1. The van der Waals surface area contributed by atoms with Gasteiger partial charge >= 0.3 is 0 Å². The molecule has 0 fully saturated rings. The first kappa shape index (κ1) is 7.37. The van der Waals surface area contributed by atoms with E-state index in [1.54, 1.807) is 18.6 Å². The van der Waals surface area contributed by atoms with Gasteiger partial charge in [-0.05, 0) is 18.2 Å². The third kappa shape index (κ3) is 1.34. The van der Waals surface area contributed by atoms with Crippen molar-refractivity contribution in [2.45, 2.75) is 0 Å². The fourth-order valence-electron chi connectivity index (χ4n) is 0.979. The lowest BCUT2D eigenvalue weighted by molar-refractivity contribution is 0.568. The summed E-state index contributed by atoms with van der Waals surface area (Å²) in [5.74, 6) is 0. The van der Waals surface area contributed by atoms with Crippen molar-refractivity contribution in [2.75, 3.05) is 0 Å². The Morgan fingerprint density at radius 1 is 1.25 bits per heavy atom. The van der Waals surface area contributed by atoms with E-state index in [2.05, 4.69) is 4.98 Å². The van der Waals surface area contributed by atoms with E-state index < -0.39 is 0 Å². The minimum absolute atomic E-state index is 0.494. The molecule has 2 rings (SSSR count). The Labute approximate surface area is 74.8 Å². The number of nitrogens with zero attached hydrogens (tertiary/aromatic N) is 1. The Hall–Kier alpha value is -1.28. The predicted molar refractivity (Wildman–Crippen MR) is 46.9 cm³/mol. The van der Waals surface area contributed by atoms with Crippen LogP contribution in [0.25, 0.3) is 11.3 Å². The summed E-state index contributed by atoms with van der Waals surface area (Å²) in [5.41, 5.74) is 1.77. The average Bonchev–Trinajstić information content (AvgIpc) is 2.56. The van der Waals surface area contributed by atoms with Gasteiger partial charge in [0, 0.05) is 5.56 Å². The number of furan rings is 1. The van der Waals surface area contributed by atoms with Crippen LogP contribution in [0, 0.1) is 0 Å². The highest BCUT2D eigenvalue weighted by Crippen LogP contribution is 2.18. The van der Waals surface area contributed by atoms with E-state index >= 15 is 0 Å². The molecule has 0 aromatic carbocycles. The molecular formula is C9H6ClNO. The first-order valence-electron chi connectivity index (χ1n) is 3.51. The second-order valence-corrected chi connectivity index (χ2v) is 2.74. The molecule has 0 spiro atoms. The second-order valence-electron chi connectivity index (χ2n) is 2.36. The van der Waals surface area contributed by atoms with Crippen LogP contribution in [0.4, 0.5) is 0 Å². The van der Waals surface area contributed by atoms with Gasteiger partial charge in [-0.2, -0.15) is 0 Å². The third-order valence-electron chi connectivity index (χ3n) is 1.53. The minimum atomic E-state index is 0.494. The van der Waals surface area contributed by atoms with E-state index in [-0.39, 0.29) is 0 Å². The molecule has 0 N–H and O–H groups in total. The first-order chi connectivity index (χ1) is 5.86. The van der Waals surface area contributed by atoms with Crippen molar-refractivity contribution < 1.29 is 4.42 Å². The molecule has 0 saturated heterocycles. The molecule has 60 valence electrons. The van der Waals surface area contributed by atoms with Gasteiger partial charge in [0.1, 0.15) is 5.15 Å². The van der Waals surface area contributed by atoms with Crippen LogP contribution in [0.2, 0.25) is 5.15 Å². The lowest BCUT2D eigenvalue weighted by atomic mass is 10.2. The highest BCUT2D eigenvalue weighted by molar-refractivity contribution is 6.29. The molecule has 0 bridgehead atoms. The number of hydrogen-bond donors (Lipinski definition) is 0. The highest BCUT2D eigenvalue weighted by atomic mass is 35.5. The van der Waals surface area contributed by atoms with Gasteiger partial charge in [-0.15, -0.1) is 0 Å². The monoisotopic (exact) mass is 179 g/mol. The van der Waals surface area contributed by atoms with Crippen molar-refractivity contribution in [3.8, 4) is 11.3 Å². The van der Waals surface area contributed by atoms with E-state index in [9.17, 15) is 0 Å². The van der Waals surface area contributed by atoms with Crippen LogP contribution in [-0.2, 0) is 0 Å². The highest BCUT2D eigenvalue weighted by Gasteiger charge is 1.99. The van der Waals surface area contributed by atoms with Gasteiger partial charge in [0.15, 0.2) is 0 Å². The summed E-state index contributed by atoms with van der Waals surface area (Å²) in [6.45, 7) is 0. The summed E-state index contributed by atoms with van der Waals surface area (Å²) < 4.78 is 4.93. The molecule has 2 aromatic rings. The summed E-state index contributed by atoms with van der Waals surface area (Å²) in [7, 11) is 0. The topological polar surface area (TPSA) is 26.0 Å². The Balaban J connectivity index is 2.48. The average molecular weight is 180 g/mol. The van der Waals surface area contributed by atoms with Crippen molar-refractivity contribution >= 4 is 11.6 Å². The van der Waals surface area contributed by atoms with Crippen LogP contribution >= 0.6 is 11.6 Å². The largest absolute Gasteiger partial charge is 0.472 e. The maximum absolute atomic E-state index is 5.72. The number of halogens is 1. The maximum Gasteiger partial charge on any atom is 0.129 e. The van der Waals surface area contributed by atoms with Crippen LogP contribution in [0.1, 0.15) is 0 Å². The maximum atomic E-state index is 5.72. The van der Waals surface area contributed by atoms with Crippen molar-refractivity contribution in [2.24, 2.45) is 0 Å². The van der Waals surface area contributed by atoms with E-state index in [0.717, 1.165) is 11.3 Å². The SMILES string of the molecule is Clc1cccc(-c2ccoc2)n1. The van der Waals surface area contributed by atoms with Gasteiger partial charge in [0.05, 0.1) is 18.2 Å². The van der Waals surface area contributed by atoms with Gasteiger partial charge < -0.3 is 4.42 Å². The van der Waals surface area contributed by atoms with E-state index in [0.29, 0.717) is 5.15 Å². The Bertz CT molecular complexity index is 370. The zero-order valence-corrected chi connectivity index (χ0v) is 6.95. The summed E-state index contributed by atoms with van der Waals surface area (Å²) in [4.78, 5) is 4.12. The molecule has 12 heavy (non-hydrogen) atoms. The zero-order chi connectivity index (χ0) is 8.39. The quantitative estimate of drug-likeness (QED) is 0.629. The molecule has 0 unspecified atom stereocenters. The summed E-state index contributed by atoms with van der Waals surface area (Å²) in [6.07, 6.45) is 3.25.